The summed E-state index contributed by atoms with van der Waals surface area (Å²) >= 11 is 13.2. The van der Waals surface area contributed by atoms with Gasteiger partial charge in [0.25, 0.3) is 0 Å². The number of anilines is 2. The van der Waals surface area contributed by atoms with Gasteiger partial charge in [0.05, 0.1) is 29.6 Å². The maximum absolute atomic E-state index is 13.7. The van der Waals surface area contributed by atoms with E-state index in [1.54, 1.807) is 7.11 Å². The van der Waals surface area contributed by atoms with Gasteiger partial charge in [-0.25, -0.2) is 9.48 Å². The number of nitrogens with zero attached hydrogens (tertiary/aromatic N) is 3. The smallest absolute Gasteiger partial charge is 0.328 e. The Balaban J connectivity index is 1.70. The van der Waals surface area contributed by atoms with E-state index < -0.39 is 6.04 Å². The van der Waals surface area contributed by atoms with Gasteiger partial charge in [-0.05, 0) is 59.9 Å². The third kappa shape index (κ3) is 3.18. The zero-order valence-corrected chi connectivity index (χ0v) is 21.8. The molecule has 3 aromatic carbocycles. The van der Waals surface area contributed by atoms with Crippen LogP contribution in [0.5, 0.6) is 5.75 Å². The third-order valence-electron chi connectivity index (χ3n) is 6.94. The van der Waals surface area contributed by atoms with Gasteiger partial charge in [0.15, 0.2) is 5.82 Å². The number of carbonyl (C=O) groups excluding carboxylic acids is 1. The largest absolute Gasteiger partial charge is 0.494 e. The van der Waals surface area contributed by atoms with Gasteiger partial charge in [-0.3, -0.25) is 10.2 Å². The van der Waals surface area contributed by atoms with E-state index in [1.165, 1.54) is 0 Å². The summed E-state index contributed by atoms with van der Waals surface area (Å²) in [4.78, 5) is 15.5. The van der Waals surface area contributed by atoms with Gasteiger partial charge in [-0.2, -0.15) is 0 Å². The number of methoxy groups -OCH3 is 1. The van der Waals surface area contributed by atoms with Gasteiger partial charge in [0.2, 0.25) is 0 Å². The van der Waals surface area contributed by atoms with E-state index in [-0.39, 0.29) is 11.9 Å². The summed E-state index contributed by atoms with van der Waals surface area (Å²) in [5, 5.41) is 9.15. The molecule has 2 aliphatic heterocycles. The van der Waals surface area contributed by atoms with Gasteiger partial charge in [-0.1, -0.05) is 61.3 Å². The molecule has 3 heterocycles. The van der Waals surface area contributed by atoms with Crippen LogP contribution in [0.4, 0.5) is 16.3 Å². The molecular weight excluding hydrogens is 495 g/mol. The fourth-order valence-corrected chi connectivity index (χ4v) is 5.93. The van der Waals surface area contributed by atoms with Gasteiger partial charge in [-0.15, -0.1) is 5.10 Å². The normalized spacial score (nSPS) is 15.7. The van der Waals surface area contributed by atoms with E-state index in [4.69, 9.17) is 33.0 Å². The second kappa shape index (κ2) is 8.29. The minimum absolute atomic E-state index is 0.0978. The van der Waals surface area contributed by atoms with Gasteiger partial charge >= 0.3 is 6.03 Å². The standard InChI is InChI=1S/C28H24Cl2N4O2/c1-14(2)24-23-26-17-11-10-16(29)13-18(17)22-19(30)12-9-15(3)25(22)33(26)28(35)31-27(23)32-34(24)20-7-5-6-8-21(20)36-4/h5-14,26H,1-4H3,(H,31,32,35). The molecule has 2 amide bonds. The number of aromatic nitrogens is 2. The Bertz CT molecular complexity index is 1560. The van der Waals surface area contributed by atoms with Gasteiger partial charge in [0.1, 0.15) is 11.4 Å². The summed E-state index contributed by atoms with van der Waals surface area (Å²) in [5.41, 5.74) is 7.18. The van der Waals surface area contributed by atoms with E-state index in [0.29, 0.717) is 21.6 Å². The van der Waals surface area contributed by atoms with Crippen molar-refractivity contribution in [3.05, 3.63) is 87.0 Å². The van der Waals surface area contributed by atoms with Crippen LogP contribution in [0, 0.1) is 6.92 Å². The Morgan fingerprint density at radius 1 is 1.08 bits per heavy atom. The molecule has 0 spiro atoms. The van der Waals surface area contributed by atoms with Crippen LogP contribution < -0.4 is 15.0 Å². The highest BCUT2D eigenvalue weighted by molar-refractivity contribution is 6.35. The van der Waals surface area contributed by atoms with Crippen molar-refractivity contribution < 1.29 is 9.53 Å². The summed E-state index contributed by atoms with van der Waals surface area (Å²) < 4.78 is 7.55. The van der Waals surface area contributed by atoms with Crippen molar-refractivity contribution in [1.82, 2.24) is 9.78 Å². The Morgan fingerprint density at radius 3 is 2.61 bits per heavy atom. The fraction of sp³-hybridized carbons (Fsp3) is 0.214. The second-order valence-electron chi connectivity index (χ2n) is 9.41. The predicted octanol–water partition coefficient (Wildman–Crippen LogP) is 7.74. The maximum atomic E-state index is 13.7. The molecule has 0 aliphatic carbocycles. The van der Waals surface area contributed by atoms with Gasteiger partial charge in [0, 0.05) is 16.1 Å². The van der Waals surface area contributed by atoms with Crippen LogP contribution in [0.15, 0.2) is 54.6 Å². The molecule has 1 atom stereocenters. The fourth-order valence-electron chi connectivity index (χ4n) is 5.50. The molecule has 2 aliphatic rings. The molecule has 0 saturated carbocycles. The number of aryl methyl sites for hydroxylation is 1. The predicted molar refractivity (Wildman–Crippen MR) is 144 cm³/mol. The summed E-state index contributed by atoms with van der Waals surface area (Å²) in [7, 11) is 1.64. The molecule has 1 unspecified atom stereocenters. The quantitative estimate of drug-likeness (QED) is 0.301. The molecule has 8 heteroatoms. The molecule has 182 valence electrons. The number of rotatable bonds is 3. The van der Waals surface area contributed by atoms with Crippen molar-refractivity contribution in [3.8, 4) is 22.6 Å². The van der Waals surface area contributed by atoms with Crippen LogP contribution in [-0.4, -0.2) is 22.9 Å². The van der Waals surface area contributed by atoms with Crippen molar-refractivity contribution in [2.75, 3.05) is 17.3 Å². The average molecular weight is 519 g/mol. The van der Waals surface area contributed by atoms with E-state index in [0.717, 1.165) is 44.9 Å². The van der Waals surface area contributed by atoms with Crippen LogP contribution in [0.2, 0.25) is 10.0 Å². The van der Waals surface area contributed by atoms with E-state index >= 15 is 0 Å². The second-order valence-corrected chi connectivity index (χ2v) is 10.3. The molecule has 1 aromatic heterocycles. The molecule has 0 bridgehead atoms. The number of halogens is 2. The molecule has 0 saturated heterocycles. The lowest BCUT2D eigenvalue weighted by Crippen LogP contribution is -2.45. The van der Waals surface area contributed by atoms with Crippen LogP contribution in [0.25, 0.3) is 16.8 Å². The highest BCUT2D eigenvalue weighted by Gasteiger charge is 2.45. The van der Waals surface area contributed by atoms with Crippen LogP contribution in [0.1, 0.15) is 48.2 Å². The minimum Gasteiger partial charge on any atom is -0.494 e. The highest BCUT2D eigenvalue weighted by Crippen LogP contribution is 2.55. The van der Waals surface area contributed by atoms with Crippen molar-refractivity contribution in [2.45, 2.75) is 32.7 Å². The number of fused-ring (bicyclic) bond motifs is 8. The maximum Gasteiger partial charge on any atom is 0.328 e. The number of hydrogen-bond acceptors (Lipinski definition) is 3. The number of benzene rings is 3. The Morgan fingerprint density at radius 2 is 1.86 bits per heavy atom. The van der Waals surface area contributed by atoms with Crippen LogP contribution >= 0.6 is 23.2 Å². The summed E-state index contributed by atoms with van der Waals surface area (Å²) in [5.74, 6) is 1.34. The molecule has 6 rings (SSSR count). The first-order chi connectivity index (χ1) is 17.3. The van der Waals surface area contributed by atoms with E-state index in [9.17, 15) is 4.79 Å². The number of para-hydroxylation sites is 2. The molecule has 1 N–H and O–H groups in total. The van der Waals surface area contributed by atoms with E-state index in [2.05, 4.69) is 19.2 Å². The zero-order valence-electron chi connectivity index (χ0n) is 20.3. The summed E-state index contributed by atoms with van der Waals surface area (Å²) in [6.07, 6.45) is 0. The SMILES string of the molecule is COc1ccccc1-n1nc2c(c1C(C)C)C1c3ccc(Cl)cc3-c3c(Cl)ccc(C)c3N1C(=O)N2. The Kier molecular flexibility index (Phi) is 5.28. The third-order valence-corrected chi connectivity index (χ3v) is 7.49. The summed E-state index contributed by atoms with van der Waals surface area (Å²) in [6.45, 7) is 6.25. The Labute approximate surface area is 219 Å². The summed E-state index contributed by atoms with van der Waals surface area (Å²) in [6, 6.07) is 16.7. The Hall–Kier alpha value is -3.48. The number of ether oxygens (including phenoxy) is 1. The molecule has 36 heavy (non-hydrogen) atoms. The van der Waals surface area contributed by atoms with Gasteiger partial charge < -0.3 is 4.74 Å². The average Bonchev–Trinajstić information content (AvgIpc) is 3.24. The molecular formula is C28H24Cl2N4O2. The first-order valence-electron chi connectivity index (χ1n) is 11.8. The number of carbonyl (C=O) groups is 1. The highest BCUT2D eigenvalue weighted by atomic mass is 35.5. The molecule has 0 fully saturated rings. The topological polar surface area (TPSA) is 59.4 Å². The molecule has 4 aromatic rings. The van der Waals surface area contributed by atoms with Crippen molar-refractivity contribution in [1.29, 1.82) is 0 Å². The van der Waals surface area contributed by atoms with Crippen molar-refractivity contribution in [2.24, 2.45) is 0 Å². The number of nitrogens with one attached hydrogen (secondary N) is 1. The first kappa shape index (κ1) is 23.0. The minimum atomic E-state index is -0.397. The monoisotopic (exact) mass is 518 g/mol. The molecule has 6 nitrogen and oxygen atoms in total. The zero-order chi connectivity index (χ0) is 25.3. The van der Waals surface area contributed by atoms with E-state index in [1.807, 2.05) is 71.1 Å². The number of urea groups is 1. The van der Waals surface area contributed by atoms with Crippen molar-refractivity contribution in [3.63, 3.8) is 0 Å². The van der Waals surface area contributed by atoms with Crippen LogP contribution in [0.3, 0.4) is 0 Å². The number of hydrogen-bond donors (Lipinski definition) is 1. The molecule has 0 radical (unpaired) electrons. The lowest BCUT2D eigenvalue weighted by atomic mass is 9.82. The van der Waals surface area contributed by atoms with Crippen LogP contribution in [-0.2, 0) is 0 Å². The lowest BCUT2D eigenvalue weighted by molar-refractivity contribution is 0.254. The number of amides is 2. The van der Waals surface area contributed by atoms with Crippen molar-refractivity contribution >= 4 is 40.7 Å². The lowest BCUT2D eigenvalue weighted by Gasteiger charge is -2.42. The first-order valence-corrected chi connectivity index (χ1v) is 12.5.